The van der Waals surface area contributed by atoms with Crippen LogP contribution in [0.1, 0.15) is 0 Å². The van der Waals surface area contributed by atoms with E-state index in [2.05, 4.69) is 149 Å². The maximum Gasteiger partial charge on any atom is 0.0809 e. The molecule has 43 heavy (non-hydrogen) atoms. The molecule has 3 aromatic heterocycles. The second kappa shape index (κ2) is 9.37. The average Bonchev–Trinajstić information content (AvgIpc) is 3.43. The number of fused-ring (bicyclic) bond motifs is 8. The van der Waals surface area contributed by atoms with Gasteiger partial charge in [0.1, 0.15) is 0 Å². The fourth-order valence-electron chi connectivity index (χ4n) is 6.63. The molecule has 9 aromatic rings. The molecule has 0 aliphatic carbocycles. The molecule has 0 spiro atoms. The number of benzene rings is 6. The Morgan fingerprint density at radius 3 is 2.07 bits per heavy atom. The molecule has 9 rings (SSSR count). The van der Waals surface area contributed by atoms with Crippen LogP contribution in [0.3, 0.4) is 0 Å². The Bertz CT molecular complexity index is 2490. The van der Waals surface area contributed by atoms with Crippen molar-refractivity contribution in [2.75, 3.05) is 0 Å². The van der Waals surface area contributed by atoms with Gasteiger partial charge in [-0.25, -0.2) is 4.98 Å². The smallest absolute Gasteiger partial charge is 0.0809 e. The number of nitrogens with zero attached hydrogens (tertiary/aromatic N) is 3. The monoisotopic (exact) mass is 547 g/mol. The Hall–Kier alpha value is -5.80. The topological polar surface area (TPSA) is 30.7 Å². The van der Waals surface area contributed by atoms with Gasteiger partial charge in [0, 0.05) is 44.4 Å². The Labute approximate surface area is 248 Å². The van der Waals surface area contributed by atoms with Crippen LogP contribution < -0.4 is 0 Å². The first-order valence-electron chi connectivity index (χ1n) is 14.6. The van der Waals surface area contributed by atoms with Crippen molar-refractivity contribution in [3.63, 3.8) is 0 Å². The van der Waals surface area contributed by atoms with E-state index in [9.17, 15) is 0 Å². The molecule has 0 amide bonds. The van der Waals surface area contributed by atoms with Gasteiger partial charge >= 0.3 is 0 Å². The number of para-hydroxylation sites is 3. The van der Waals surface area contributed by atoms with E-state index in [0.717, 1.165) is 38.8 Å². The van der Waals surface area contributed by atoms with Crippen molar-refractivity contribution < 1.29 is 0 Å². The van der Waals surface area contributed by atoms with Crippen molar-refractivity contribution in [3.8, 4) is 28.1 Å². The van der Waals surface area contributed by atoms with Crippen LogP contribution in [0.2, 0.25) is 0 Å². The summed E-state index contributed by atoms with van der Waals surface area (Å²) < 4.78 is 2.41. The second-order valence-corrected chi connectivity index (χ2v) is 11.0. The van der Waals surface area contributed by atoms with Gasteiger partial charge in [-0.1, -0.05) is 103 Å². The Morgan fingerprint density at radius 2 is 1.19 bits per heavy atom. The number of hydrogen-bond donors (Lipinski definition) is 0. The number of aromatic nitrogens is 3. The van der Waals surface area contributed by atoms with Gasteiger partial charge in [0.25, 0.3) is 0 Å². The highest BCUT2D eigenvalue weighted by molar-refractivity contribution is 6.25. The van der Waals surface area contributed by atoms with Crippen LogP contribution in [0.25, 0.3) is 82.5 Å². The summed E-state index contributed by atoms with van der Waals surface area (Å²) in [4.78, 5) is 9.83. The molecule has 0 fully saturated rings. The third-order valence-corrected chi connectivity index (χ3v) is 8.61. The van der Waals surface area contributed by atoms with Crippen LogP contribution in [0, 0.1) is 0 Å². The molecule has 0 radical (unpaired) electrons. The minimum absolute atomic E-state index is 0.994. The second-order valence-electron chi connectivity index (χ2n) is 11.0. The van der Waals surface area contributed by atoms with E-state index in [-0.39, 0.29) is 0 Å². The largest absolute Gasteiger partial charge is 0.309 e. The summed E-state index contributed by atoms with van der Waals surface area (Å²) in [5, 5.41) is 7.15. The van der Waals surface area contributed by atoms with E-state index in [0.29, 0.717) is 0 Å². The molecule has 0 saturated heterocycles. The highest BCUT2D eigenvalue weighted by Crippen LogP contribution is 2.42. The van der Waals surface area contributed by atoms with Crippen LogP contribution in [-0.2, 0) is 0 Å². The zero-order valence-corrected chi connectivity index (χ0v) is 23.3. The first-order chi connectivity index (χ1) is 21.3. The van der Waals surface area contributed by atoms with Gasteiger partial charge in [0.15, 0.2) is 0 Å². The van der Waals surface area contributed by atoms with E-state index >= 15 is 0 Å². The van der Waals surface area contributed by atoms with Crippen LogP contribution in [0.4, 0.5) is 0 Å². The predicted octanol–water partition coefficient (Wildman–Crippen LogP) is 10.4. The standard InChI is InChI=1S/C40H25N3/c1-2-10-30(11-3-1)43-37-15-7-5-13-32(37)34-22-21-33-31-12-4-6-14-36(31)42-39(38(33)40(34)43)27-18-16-26(17-19-27)28-20-23-35-29(25-28)9-8-24-41-35/h1-25H. The lowest BCUT2D eigenvalue weighted by atomic mass is 9.96. The van der Waals surface area contributed by atoms with Gasteiger partial charge in [0.05, 0.1) is 27.8 Å². The number of hydrogen-bond acceptors (Lipinski definition) is 2. The van der Waals surface area contributed by atoms with E-state index in [1.807, 2.05) is 12.3 Å². The summed E-state index contributed by atoms with van der Waals surface area (Å²) in [6, 6.07) is 51.8. The van der Waals surface area contributed by atoms with Gasteiger partial charge in [-0.3, -0.25) is 4.98 Å². The lowest BCUT2D eigenvalue weighted by Gasteiger charge is -2.15. The van der Waals surface area contributed by atoms with Crippen LogP contribution >= 0.6 is 0 Å². The van der Waals surface area contributed by atoms with Crippen molar-refractivity contribution in [2.24, 2.45) is 0 Å². The number of pyridine rings is 2. The normalized spacial score (nSPS) is 11.7. The minimum atomic E-state index is 0.994. The zero-order valence-electron chi connectivity index (χ0n) is 23.3. The van der Waals surface area contributed by atoms with Gasteiger partial charge < -0.3 is 4.57 Å². The first-order valence-corrected chi connectivity index (χ1v) is 14.6. The minimum Gasteiger partial charge on any atom is -0.309 e. The molecular formula is C40H25N3. The maximum atomic E-state index is 5.35. The highest BCUT2D eigenvalue weighted by Gasteiger charge is 2.20. The molecular weight excluding hydrogens is 522 g/mol. The lowest BCUT2D eigenvalue weighted by molar-refractivity contribution is 1.19. The quantitative estimate of drug-likeness (QED) is 0.206. The van der Waals surface area contributed by atoms with Crippen molar-refractivity contribution in [1.82, 2.24) is 14.5 Å². The Kier molecular flexibility index (Phi) is 5.20. The zero-order chi connectivity index (χ0) is 28.3. The summed E-state index contributed by atoms with van der Waals surface area (Å²) in [5.41, 5.74) is 9.96. The van der Waals surface area contributed by atoms with Gasteiger partial charge in [-0.15, -0.1) is 0 Å². The summed E-state index contributed by atoms with van der Waals surface area (Å²) in [7, 11) is 0. The first kappa shape index (κ1) is 23.9. The molecule has 0 unspecified atom stereocenters. The Morgan fingerprint density at radius 1 is 0.465 bits per heavy atom. The molecule has 3 nitrogen and oxygen atoms in total. The van der Waals surface area contributed by atoms with E-state index < -0.39 is 0 Å². The van der Waals surface area contributed by atoms with Crippen LogP contribution in [-0.4, -0.2) is 14.5 Å². The maximum absolute atomic E-state index is 5.35. The van der Waals surface area contributed by atoms with Crippen molar-refractivity contribution in [3.05, 3.63) is 152 Å². The molecule has 0 bridgehead atoms. The van der Waals surface area contributed by atoms with Crippen molar-refractivity contribution in [1.29, 1.82) is 0 Å². The third kappa shape index (κ3) is 3.68. The Balaban J connectivity index is 1.35. The molecule has 200 valence electrons. The highest BCUT2D eigenvalue weighted by atomic mass is 15.0. The molecule has 0 atom stereocenters. The van der Waals surface area contributed by atoms with Crippen LogP contribution in [0.5, 0.6) is 0 Å². The fourth-order valence-corrected chi connectivity index (χ4v) is 6.63. The van der Waals surface area contributed by atoms with E-state index in [4.69, 9.17) is 4.98 Å². The average molecular weight is 548 g/mol. The molecule has 3 heterocycles. The molecule has 0 aliphatic rings. The molecule has 0 N–H and O–H groups in total. The molecule has 0 saturated carbocycles. The van der Waals surface area contributed by atoms with Gasteiger partial charge in [0.2, 0.25) is 0 Å². The molecule has 6 aromatic carbocycles. The van der Waals surface area contributed by atoms with E-state index in [1.165, 1.54) is 43.7 Å². The van der Waals surface area contributed by atoms with Gasteiger partial charge in [-0.2, -0.15) is 0 Å². The predicted molar refractivity (Wildman–Crippen MR) is 180 cm³/mol. The summed E-state index contributed by atoms with van der Waals surface area (Å²) in [6.07, 6.45) is 1.84. The molecule has 0 aliphatic heterocycles. The fraction of sp³-hybridized carbons (Fsp3) is 0. The molecule has 3 heteroatoms. The summed E-state index contributed by atoms with van der Waals surface area (Å²) in [5.74, 6) is 0. The van der Waals surface area contributed by atoms with Crippen molar-refractivity contribution in [2.45, 2.75) is 0 Å². The van der Waals surface area contributed by atoms with Crippen molar-refractivity contribution >= 4 is 54.4 Å². The third-order valence-electron chi connectivity index (χ3n) is 8.61. The summed E-state index contributed by atoms with van der Waals surface area (Å²) in [6.45, 7) is 0. The summed E-state index contributed by atoms with van der Waals surface area (Å²) >= 11 is 0. The number of rotatable bonds is 3. The van der Waals surface area contributed by atoms with Gasteiger partial charge in [-0.05, 0) is 59.0 Å². The van der Waals surface area contributed by atoms with Crippen LogP contribution in [0.15, 0.2) is 152 Å². The van der Waals surface area contributed by atoms with E-state index in [1.54, 1.807) is 0 Å². The lowest BCUT2D eigenvalue weighted by Crippen LogP contribution is -1.97. The SMILES string of the molecule is c1ccc(-n2c3ccccc3c3ccc4c5ccccc5nc(-c5ccc(-c6ccc7ncccc7c6)cc5)c4c32)cc1.